The van der Waals surface area contributed by atoms with Crippen molar-refractivity contribution in [3.63, 3.8) is 0 Å². The standard InChI is InChI=1S/C30H28Cl2O5/c31-22-6-2-5-21(15-22)20-4-1-3-18(13-20)14-27(33)19-7-9-23(10-8-19)37-29-17-28-25(16-26(29)32)24(30(34)35)11-12-36-28/h2,5-10,15-18,20,24H,1,3-4,11-14H2,(H,34,35). The lowest BCUT2D eigenvalue weighted by Crippen LogP contribution is -2.20. The summed E-state index contributed by atoms with van der Waals surface area (Å²) < 4.78 is 11.6. The Balaban J connectivity index is 1.22. The van der Waals surface area contributed by atoms with Crippen molar-refractivity contribution in [3.8, 4) is 17.2 Å². The number of rotatable bonds is 7. The van der Waals surface area contributed by atoms with Crippen molar-refractivity contribution in [2.45, 2.75) is 50.4 Å². The van der Waals surface area contributed by atoms with E-state index in [9.17, 15) is 14.7 Å². The van der Waals surface area contributed by atoms with E-state index in [0.29, 0.717) is 64.7 Å². The lowest BCUT2D eigenvalue weighted by atomic mass is 9.76. The zero-order chi connectivity index (χ0) is 25.9. The van der Waals surface area contributed by atoms with Crippen LogP contribution in [0.25, 0.3) is 0 Å². The summed E-state index contributed by atoms with van der Waals surface area (Å²) in [6.07, 6.45) is 5.22. The summed E-state index contributed by atoms with van der Waals surface area (Å²) in [6.45, 7) is 0.322. The fourth-order valence-electron chi connectivity index (χ4n) is 5.48. The van der Waals surface area contributed by atoms with Crippen LogP contribution in [0.2, 0.25) is 10.0 Å². The summed E-state index contributed by atoms with van der Waals surface area (Å²) in [7, 11) is 0. The molecule has 3 unspecified atom stereocenters. The van der Waals surface area contributed by atoms with Gasteiger partial charge in [-0.3, -0.25) is 9.59 Å². The summed E-state index contributed by atoms with van der Waals surface area (Å²) in [6, 6.07) is 18.3. The maximum absolute atomic E-state index is 13.0. The third-order valence-corrected chi connectivity index (χ3v) is 7.91. The molecule has 2 aliphatic rings. The predicted molar refractivity (Wildman–Crippen MR) is 144 cm³/mol. The minimum absolute atomic E-state index is 0.128. The molecule has 0 bridgehead atoms. The number of hydrogen-bond acceptors (Lipinski definition) is 4. The second-order valence-corrected chi connectivity index (χ2v) is 10.7. The number of ketones is 1. The van der Waals surface area contributed by atoms with Crippen LogP contribution >= 0.6 is 23.2 Å². The fourth-order valence-corrected chi connectivity index (χ4v) is 5.89. The highest BCUT2D eigenvalue weighted by Crippen LogP contribution is 2.42. The van der Waals surface area contributed by atoms with E-state index in [4.69, 9.17) is 32.7 Å². The van der Waals surface area contributed by atoms with E-state index < -0.39 is 11.9 Å². The van der Waals surface area contributed by atoms with Gasteiger partial charge in [-0.15, -0.1) is 0 Å². The molecule has 5 nitrogen and oxygen atoms in total. The summed E-state index contributed by atoms with van der Waals surface area (Å²) >= 11 is 12.6. The highest BCUT2D eigenvalue weighted by molar-refractivity contribution is 6.32. The largest absolute Gasteiger partial charge is 0.493 e. The minimum Gasteiger partial charge on any atom is -0.493 e. The first-order chi connectivity index (χ1) is 17.9. The Hall–Kier alpha value is -3.02. The van der Waals surface area contributed by atoms with Crippen LogP contribution in [0.4, 0.5) is 0 Å². The molecule has 7 heteroatoms. The maximum atomic E-state index is 13.0. The predicted octanol–water partition coefficient (Wildman–Crippen LogP) is 8.28. The van der Waals surface area contributed by atoms with E-state index >= 15 is 0 Å². The third kappa shape index (κ3) is 5.94. The Morgan fingerprint density at radius 2 is 1.81 bits per heavy atom. The van der Waals surface area contributed by atoms with Gasteiger partial charge in [-0.2, -0.15) is 0 Å². The van der Waals surface area contributed by atoms with Gasteiger partial charge in [-0.25, -0.2) is 0 Å². The van der Waals surface area contributed by atoms with E-state index in [1.54, 1.807) is 36.4 Å². The number of Topliss-reactive ketones (excluding diaryl/α,β-unsaturated/α-hetero) is 1. The van der Waals surface area contributed by atoms with Crippen LogP contribution in [0, 0.1) is 5.92 Å². The quantitative estimate of drug-likeness (QED) is 0.306. The lowest BCUT2D eigenvalue weighted by molar-refractivity contribution is -0.139. The van der Waals surface area contributed by atoms with Crippen molar-refractivity contribution in [2.24, 2.45) is 5.92 Å². The van der Waals surface area contributed by atoms with Crippen LogP contribution in [0.3, 0.4) is 0 Å². The minimum atomic E-state index is -0.900. The number of hydrogen-bond donors (Lipinski definition) is 1. The zero-order valence-corrected chi connectivity index (χ0v) is 21.8. The number of aliphatic carboxylic acids is 1. The molecule has 1 aliphatic heterocycles. The fraction of sp³-hybridized carbons (Fsp3) is 0.333. The second kappa shape index (κ2) is 11.2. The first-order valence-corrected chi connectivity index (χ1v) is 13.4. The first-order valence-electron chi connectivity index (χ1n) is 12.6. The number of benzene rings is 3. The molecule has 1 heterocycles. The molecule has 0 saturated heterocycles. The molecule has 1 aliphatic carbocycles. The number of carboxylic acids is 1. The van der Waals surface area contributed by atoms with Crippen molar-refractivity contribution in [2.75, 3.05) is 6.61 Å². The van der Waals surface area contributed by atoms with Gasteiger partial charge in [0.1, 0.15) is 17.2 Å². The van der Waals surface area contributed by atoms with Crippen LogP contribution in [0.5, 0.6) is 17.2 Å². The zero-order valence-electron chi connectivity index (χ0n) is 20.3. The summed E-state index contributed by atoms with van der Waals surface area (Å²) in [5.41, 5.74) is 2.47. The molecule has 5 rings (SSSR count). The molecule has 3 aromatic rings. The van der Waals surface area contributed by atoms with Gasteiger partial charge in [-0.1, -0.05) is 41.8 Å². The summed E-state index contributed by atoms with van der Waals surface area (Å²) in [4.78, 5) is 24.6. The SMILES string of the molecule is O=C(CC1CCCC(c2cccc(Cl)c2)C1)c1ccc(Oc2cc3c(cc2Cl)C(C(=O)O)CCO3)cc1. The number of ether oxygens (including phenoxy) is 2. The number of carbonyl (C=O) groups excluding carboxylic acids is 1. The second-order valence-electron chi connectivity index (χ2n) is 9.89. The average Bonchev–Trinajstić information content (AvgIpc) is 2.89. The van der Waals surface area contributed by atoms with E-state index in [-0.39, 0.29) is 5.78 Å². The van der Waals surface area contributed by atoms with Gasteiger partial charge in [0.15, 0.2) is 5.78 Å². The van der Waals surface area contributed by atoms with Crippen molar-refractivity contribution in [1.82, 2.24) is 0 Å². The first kappa shape index (κ1) is 25.6. The van der Waals surface area contributed by atoms with Gasteiger partial charge in [0.2, 0.25) is 0 Å². The van der Waals surface area contributed by atoms with Crippen molar-refractivity contribution in [3.05, 3.63) is 87.4 Å². The number of halogens is 2. The molecule has 0 amide bonds. The van der Waals surface area contributed by atoms with Crippen LogP contribution in [0.1, 0.15) is 71.8 Å². The van der Waals surface area contributed by atoms with E-state index in [1.807, 2.05) is 18.2 Å². The lowest BCUT2D eigenvalue weighted by Gasteiger charge is -2.29. The molecular formula is C30H28Cl2O5. The summed E-state index contributed by atoms with van der Waals surface area (Å²) in [5, 5.41) is 10.5. The van der Waals surface area contributed by atoms with E-state index in [1.165, 1.54) is 5.56 Å². The molecule has 1 N–H and O–H groups in total. The van der Waals surface area contributed by atoms with Crippen LogP contribution in [0.15, 0.2) is 60.7 Å². The van der Waals surface area contributed by atoms with Crippen LogP contribution in [-0.4, -0.2) is 23.5 Å². The third-order valence-electron chi connectivity index (χ3n) is 7.38. The monoisotopic (exact) mass is 538 g/mol. The molecule has 0 spiro atoms. The van der Waals surface area contributed by atoms with Crippen molar-refractivity contribution < 1.29 is 24.2 Å². The molecule has 1 fully saturated rings. The van der Waals surface area contributed by atoms with Gasteiger partial charge in [0.25, 0.3) is 0 Å². The number of fused-ring (bicyclic) bond motifs is 1. The van der Waals surface area contributed by atoms with E-state index in [0.717, 1.165) is 30.7 Å². The van der Waals surface area contributed by atoms with Crippen molar-refractivity contribution >= 4 is 35.0 Å². The molecule has 0 radical (unpaired) electrons. The Kier molecular flexibility index (Phi) is 7.73. The molecule has 192 valence electrons. The smallest absolute Gasteiger partial charge is 0.311 e. The maximum Gasteiger partial charge on any atom is 0.311 e. The Morgan fingerprint density at radius 1 is 1.00 bits per heavy atom. The van der Waals surface area contributed by atoms with Gasteiger partial charge >= 0.3 is 5.97 Å². The highest BCUT2D eigenvalue weighted by Gasteiger charge is 2.29. The molecule has 1 saturated carbocycles. The van der Waals surface area contributed by atoms with Crippen molar-refractivity contribution in [1.29, 1.82) is 0 Å². The Labute approximate surface area is 226 Å². The van der Waals surface area contributed by atoms with Gasteiger partial charge in [0.05, 0.1) is 17.5 Å². The average molecular weight is 539 g/mol. The molecule has 3 atom stereocenters. The van der Waals surface area contributed by atoms with E-state index in [2.05, 4.69) is 6.07 Å². The van der Waals surface area contributed by atoms with Gasteiger partial charge in [-0.05, 0) is 85.5 Å². The topological polar surface area (TPSA) is 72.8 Å². The highest BCUT2D eigenvalue weighted by atomic mass is 35.5. The molecule has 37 heavy (non-hydrogen) atoms. The number of carbonyl (C=O) groups is 2. The normalized spacial score (nSPS) is 21.0. The Bertz CT molecular complexity index is 1300. The van der Waals surface area contributed by atoms with Gasteiger partial charge < -0.3 is 14.6 Å². The molecule has 0 aromatic heterocycles. The number of carboxylic acid groups (broad SMARTS) is 1. The molecular weight excluding hydrogens is 511 g/mol. The molecule has 3 aromatic carbocycles. The van der Waals surface area contributed by atoms with Crippen LogP contribution < -0.4 is 9.47 Å². The Morgan fingerprint density at radius 3 is 2.57 bits per heavy atom. The summed E-state index contributed by atoms with van der Waals surface area (Å²) in [5.74, 6) is 0.745. The van der Waals surface area contributed by atoms with Gasteiger partial charge in [0, 0.05) is 28.6 Å². The van der Waals surface area contributed by atoms with Crippen LogP contribution in [-0.2, 0) is 4.79 Å².